The van der Waals surface area contributed by atoms with E-state index >= 15 is 0 Å². The molecule has 1 N–H and O–H groups in total. The van der Waals surface area contributed by atoms with Gasteiger partial charge in [-0.15, -0.1) is 10.2 Å². The molecule has 3 aromatic heterocycles. The van der Waals surface area contributed by atoms with Crippen LogP contribution >= 0.6 is 11.8 Å². The minimum absolute atomic E-state index is 0.122. The standard InChI is InChI=1S/C19H15F3N4OS/c1-10-16(13-5-3-4-6-14(13)23-10)17(27)11(2)28-18-25-24-15-8-7-12(9-26(15)18)19(20,21)22/h3-9,11,23H,1-2H3. The minimum Gasteiger partial charge on any atom is -0.358 e. The fourth-order valence-electron chi connectivity index (χ4n) is 3.13. The van der Waals surface area contributed by atoms with Crippen LogP contribution in [0, 0.1) is 6.92 Å². The Labute approximate surface area is 162 Å². The van der Waals surface area contributed by atoms with E-state index < -0.39 is 17.0 Å². The highest BCUT2D eigenvalue weighted by atomic mass is 32.2. The fourth-order valence-corrected chi connectivity index (χ4v) is 4.02. The molecule has 28 heavy (non-hydrogen) atoms. The maximum absolute atomic E-state index is 13.1. The van der Waals surface area contributed by atoms with E-state index in [0.29, 0.717) is 11.2 Å². The smallest absolute Gasteiger partial charge is 0.358 e. The van der Waals surface area contributed by atoms with Crippen LogP contribution in [0.4, 0.5) is 13.2 Å². The number of nitrogens with zero attached hydrogens (tertiary/aromatic N) is 3. The Hall–Kier alpha value is -2.81. The van der Waals surface area contributed by atoms with Gasteiger partial charge in [0.1, 0.15) is 0 Å². The predicted octanol–water partition coefficient (Wildman–Crippen LogP) is 4.90. The van der Waals surface area contributed by atoms with E-state index in [0.717, 1.165) is 40.6 Å². The van der Waals surface area contributed by atoms with E-state index in [1.807, 2.05) is 31.2 Å². The van der Waals surface area contributed by atoms with Crippen molar-refractivity contribution in [3.8, 4) is 0 Å². The van der Waals surface area contributed by atoms with Crippen molar-refractivity contribution in [3.05, 3.63) is 59.4 Å². The Morgan fingerprint density at radius 1 is 1.18 bits per heavy atom. The summed E-state index contributed by atoms with van der Waals surface area (Å²) < 4.78 is 40.3. The Bertz CT molecular complexity index is 1200. The molecule has 0 aliphatic heterocycles. The highest BCUT2D eigenvalue weighted by Crippen LogP contribution is 2.32. The summed E-state index contributed by atoms with van der Waals surface area (Å²) >= 11 is 1.08. The maximum atomic E-state index is 13.1. The number of halogens is 3. The molecular formula is C19H15F3N4OS. The molecule has 5 nitrogen and oxygen atoms in total. The topological polar surface area (TPSA) is 63.0 Å². The first-order valence-corrected chi connectivity index (χ1v) is 9.34. The third kappa shape index (κ3) is 3.15. The molecule has 0 radical (unpaired) electrons. The third-order valence-electron chi connectivity index (χ3n) is 4.49. The first-order valence-electron chi connectivity index (χ1n) is 8.46. The van der Waals surface area contributed by atoms with E-state index in [4.69, 9.17) is 0 Å². The molecule has 0 aliphatic rings. The fraction of sp³-hybridized carbons (Fsp3) is 0.211. The van der Waals surface area contributed by atoms with Gasteiger partial charge in [-0.1, -0.05) is 30.0 Å². The van der Waals surface area contributed by atoms with Crippen LogP contribution in [0.1, 0.15) is 28.5 Å². The Morgan fingerprint density at radius 2 is 1.93 bits per heavy atom. The number of Topliss-reactive ketones (excluding diaryl/α,β-unsaturated/α-hetero) is 1. The minimum atomic E-state index is -4.47. The number of para-hydroxylation sites is 1. The molecule has 144 valence electrons. The predicted molar refractivity (Wildman–Crippen MR) is 101 cm³/mol. The number of rotatable bonds is 4. The van der Waals surface area contributed by atoms with Crippen LogP contribution in [0.5, 0.6) is 0 Å². The molecule has 0 aliphatic carbocycles. The van der Waals surface area contributed by atoms with Crippen LogP contribution in [0.3, 0.4) is 0 Å². The lowest BCUT2D eigenvalue weighted by Gasteiger charge is -2.10. The first kappa shape index (κ1) is 18.5. The number of hydrogen-bond acceptors (Lipinski definition) is 4. The van der Waals surface area contributed by atoms with Gasteiger partial charge < -0.3 is 4.98 Å². The molecule has 4 aromatic rings. The third-order valence-corrected chi connectivity index (χ3v) is 5.55. The maximum Gasteiger partial charge on any atom is 0.417 e. The SMILES string of the molecule is Cc1[nH]c2ccccc2c1C(=O)C(C)Sc1nnc2ccc(C(F)(F)F)cn12. The molecule has 9 heteroatoms. The summed E-state index contributed by atoms with van der Waals surface area (Å²) in [5, 5.41) is 8.35. The number of fused-ring (bicyclic) bond motifs is 2. The monoisotopic (exact) mass is 404 g/mol. The second kappa shape index (κ2) is 6.66. The van der Waals surface area contributed by atoms with Gasteiger partial charge in [0.2, 0.25) is 0 Å². The van der Waals surface area contributed by atoms with Crippen LogP contribution in [0.2, 0.25) is 0 Å². The summed E-state index contributed by atoms with van der Waals surface area (Å²) in [4.78, 5) is 16.2. The molecule has 4 rings (SSSR count). The van der Waals surface area contributed by atoms with Crippen molar-refractivity contribution < 1.29 is 18.0 Å². The molecule has 0 fully saturated rings. The van der Waals surface area contributed by atoms with Crippen molar-refractivity contribution in [2.45, 2.75) is 30.4 Å². The van der Waals surface area contributed by atoms with Crippen molar-refractivity contribution in [2.75, 3.05) is 0 Å². The molecule has 0 amide bonds. The quantitative estimate of drug-likeness (QED) is 0.388. The largest absolute Gasteiger partial charge is 0.417 e. The van der Waals surface area contributed by atoms with E-state index in [9.17, 15) is 18.0 Å². The second-order valence-corrected chi connectivity index (χ2v) is 7.73. The van der Waals surface area contributed by atoms with Gasteiger partial charge in [-0.05, 0) is 32.0 Å². The Morgan fingerprint density at radius 3 is 2.68 bits per heavy atom. The zero-order valence-electron chi connectivity index (χ0n) is 14.9. The van der Waals surface area contributed by atoms with E-state index in [1.54, 1.807) is 6.92 Å². The molecule has 0 bridgehead atoms. The molecule has 0 saturated carbocycles. The van der Waals surface area contributed by atoms with Gasteiger partial charge >= 0.3 is 6.18 Å². The van der Waals surface area contributed by atoms with Gasteiger partial charge in [-0.25, -0.2) is 0 Å². The van der Waals surface area contributed by atoms with E-state index in [1.165, 1.54) is 10.5 Å². The van der Waals surface area contributed by atoms with Gasteiger partial charge in [-0.2, -0.15) is 13.2 Å². The van der Waals surface area contributed by atoms with Crippen LogP contribution in [-0.4, -0.2) is 30.6 Å². The zero-order chi connectivity index (χ0) is 20.1. The lowest BCUT2D eigenvalue weighted by atomic mass is 10.1. The van der Waals surface area contributed by atoms with Crippen LogP contribution < -0.4 is 0 Å². The molecule has 1 aromatic carbocycles. The van der Waals surface area contributed by atoms with Gasteiger partial charge in [0.05, 0.1) is 10.8 Å². The lowest BCUT2D eigenvalue weighted by Crippen LogP contribution is -2.15. The number of aromatic amines is 1. The number of alkyl halides is 3. The first-order chi connectivity index (χ1) is 13.3. The summed E-state index contributed by atoms with van der Waals surface area (Å²) in [5.74, 6) is -0.122. The number of carbonyl (C=O) groups is 1. The van der Waals surface area contributed by atoms with Crippen LogP contribution in [0.15, 0.2) is 47.8 Å². The summed E-state index contributed by atoms with van der Waals surface area (Å²) in [7, 11) is 0. The number of ketones is 1. The van der Waals surface area contributed by atoms with E-state index in [-0.39, 0.29) is 10.9 Å². The average molecular weight is 404 g/mol. The highest BCUT2D eigenvalue weighted by Gasteiger charge is 2.31. The average Bonchev–Trinajstić information content (AvgIpc) is 3.20. The number of nitrogens with one attached hydrogen (secondary N) is 1. The van der Waals surface area contributed by atoms with E-state index in [2.05, 4.69) is 15.2 Å². The number of carbonyl (C=O) groups excluding carboxylic acids is 1. The second-order valence-electron chi connectivity index (χ2n) is 6.42. The van der Waals surface area contributed by atoms with Gasteiger partial charge in [0.25, 0.3) is 0 Å². The molecule has 3 heterocycles. The molecule has 0 saturated heterocycles. The Balaban J connectivity index is 1.67. The number of H-pyrrole nitrogens is 1. The van der Waals surface area contributed by atoms with Crippen molar-refractivity contribution >= 4 is 34.1 Å². The molecule has 1 atom stereocenters. The summed E-state index contributed by atoms with van der Waals surface area (Å²) in [6.07, 6.45) is -3.52. The van der Waals surface area contributed by atoms with Crippen molar-refractivity contribution in [3.63, 3.8) is 0 Å². The highest BCUT2D eigenvalue weighted by molar-refractivity contribution is 8.00. The summed E-state index contributed by atoms with van der Waals surface area (Å²) in [6, 6.07) is 9.71. The zero-order valence-corrected chi connectivity index (χ0v) is 15.7. The van der Waals surface area contributed by atoms with Gasteiger partial charge in [-0.3, -0.25) is 9.20 Å². The van der Waals surface area contributed by atoms with Crippen molar-refractivity contribution in [2.24, 2.45) is 0 Å². The number of benzene rings is 1. The number of thioether (sulfide) groups is 1. The lowest BCUT2D eigenvalue weighted by molar-refractivity contribution is -0.137. The summed E-state index contributed by atoms with van der Waals surface area (Å²) in [6.45, 7) is 3.54. The van der Waals surface area contributed by atoms with Crippen LogP contribution in [0.25, 0.3) is 16.6 Å². The number of aromatic nitrogens is 4. The molecule has 0 spiro atoms. The Kier molecular flexibility index (Phi) is 4.41. The normalized spacial score (nSPS) is 13.3. The molecule has 1 unspecified atom stereocenters. The number of pyridine rings is 1. The number of aryl methyl sites for hydroxylation is 1. The summed E-state index contributed by atoms with van der Waals surface area (Å²) in [5.41, 5.74) is 1.69. The number of hydrogen-bond donors (Lipinski definition) is 1. The van der Waals surface area contributed by atoms with Crippen molar-refractivity contribution in [1.82, 2.24) is 19.6 Å². The van der Waals surface area contributed by atoms with Crippen LogP contribution in [-0.2, 0) is 6.18 Å². The van der Waals surface area contributed by atoms with Gasteiger partial charge in [0, 0.05) is 28.4 Å². The van der Waals surface area contributed by atoms with Crippen molar-refractivity contribution in [1.29, 1.82) is 0 Å². The molecular weight excluding hydrogens is 389 g/mol. The van der Waals surface area contributed by atoms with Gasteiger partial charge in [0.15, 0.2) is 16.6 Å².